The van der Waals surface area contributed by atoms with E-state index >= 15 is 0 Å². The van der Waals surface area contributed by atoms with Crippen LogP contribution in [0.5, 0.6) is 11.5 Å². The highest BCUT2D eigenvalue weighted by Crippen LogP contribution is 2.37. The van der Waals surface area contributed by atoms with Crippen molar-refractivity contribution in [3.8, 4) is 39.8 Å². The van der Waals surface area contributed by atoms with Gasteiger partial charge in [0.2, 0.25) is 0 Å². The summed E-state index contributed by atoms with van der Waals surface area (Å²) in [6, 6.07) is 28.6. The Labute approximate surface area is 310 Å². The van der Waals surface area contributed by atoms with Crippen molar-refractivity contribution in [2.24, 2.45) is 0 Å². The summed E-state index contributed by atoms with van der Waals surface area (Å²) >= 11 is 6.75. The molecule has 0 saturated carbocycles. The first kappa shape index (κ1) is 38.0. The average molecular weight is 719 g/mol. The lowest BCUT2D eigenvalue weighted by Crippen LogP contribution is -2.28. The second kappa shape index (κ2) is 17.8. The third-order valence-corrected chi connectivity index (χ3v) is 9.05. The largest absolute Gasteiger partial charge is 0.488 e. The second-order valence-corrected chi connectivity index (χ2v) is 13.5. The number of rotatable bonds is 16. The smallest absolute Gasteiger partial charge is 0.306 e. The highest BCUT2D eigenvalue weighted by atomic mass is 35.5. The summed E-state index contributed by atoms with van der Waals surface area (Å²) in [5.74, 6) is -0.174. The van der Waals surface area contributed by atoms with Crippen molar-refractivity contribution in [2.75, 3.05) is 20.6 Å². The molecule has 268 valence electrons. The number of ether oxygens (including phenoxy) is 2. The van der Waals surface area contributed by atoms with E-state index in [0.29, 0.717) is 33.2 Å². The molecule has 0 unspecified atom stereocenters. The molecule has 1 atom stereocenters. The van der Waals surface area contributed by atoms with E-state index in [2.05, 4.69) is 97.7 Å². The van der Waals surface area contributed by atoms with Gasteiger partial charge >= 0.3 is 5.97 Å². The molecule has 3 N–H and O–H groups in total. The number of aliphatic hydroxyl groups is 1. The average Bonchev–Trinajstić information content (AvgIpc) is 3.11. The summed E-state index contributed by atoms with van der Waals surface area (Å²) in [4.78, 5) is 17.2. The van der Waals surface area contributed by atoms with E-state index in [0.717, 1.165) is 28.8 Å². The van der Waals surface area contributed by atoms with Crippen molar-refractivity contribution in [1.29, 1.82) is 5.26 Å². The molecule has 9 nitrogen and oxygen atoms in total. The zero-order valence-corrected chi connectivity index (χ0v) is 30.6. The van der Waals surface area contributed by atoms with Crippen LogP contribution in [-0.4, -0.2) is 52.8 Å². The van der Waals surface area contributed by atoms with Crippen molar-refractivity contribution in [3.05, 3.63) is 135 Å². The summed E-state index contributed by atoms with van der Waals surface area (Å²) in [5.41, 5.74) is 11.0. The van der Waals surface area contributed by atoms with E-state index in [1.165, 1.54) is 28.5 Å². The number of aromatic nitrogens is 1. The van der Waals surface area contributed by atoms with Crippen LogP contribution in [0.25, 0.3) is 22.3 Å². The highest BCUT2D eigenvalue weighted by Gasteiger charge is 2.16. The second-order valence-electron chi connectivity index (χ2n) is 13.0. The minimum atomic E-state index is -1.08. The Hall–Kier alpha value is -5.24. The van der Waals surface area contributed by atoms with E-state index in [1.54, 1.807) is 24.4 Å². The maximum atomic E-state index is 11.0. The van der Waals surface area contributed by atoms with Crippen molar-refractivity contribution in [3.63, 3.8) is 0 Å². The van der Waals surface area contributed by atoms with Crippen LogP contribution in [-0.2, 0) is 31.1 Å². The summed E-state index contributed by atoms with van der Waals surface area (Å²) in [6.45, 7) is 5.88. The van der Waals surface area contributed by atoms with E-state index in [-0.39, 0.29) is 32.7 Å². The predicted molar refractivity (Wildman–Crippen MR) is 203 cm³/mol. The molecule has 5 aromatic rings. The number of carbonyl (C=O) groups is 1. The number of carboxylic acid groups (broad SMARTS) is 1. The maximum Gasteiger partial charge on any atom is 0.306 e. The SMILES string of the molecule is Cc1c(COc2cc(OCc3cncc(C#N)c3)c(CNC[C@@H](O)CC(=O)O)cc2Cl)cccc1-c1cccc(-c2ccc(CN(C)C)cc2)c1C. The van der Waals surface area contributed by atoms with Gasteiger partial charge in [0.05, 0.1) is 23.1 Å². The minimum Gasteiger partial charge on any atom is -0.488 e. The topological polar surface area (TPSA) is 128 Å². The fraction of sp³-hybridized carbons (Fsp3) is 0.262. The van der Waals surface area contributed by atoms with Gasteiger partial charge in [0.1, 0.15) is 30.8 Å². The summed E-state index contributed by atoms with van der Waals surface area (Å²) < 4.78 is 12.5. The lowest BCUT2D eigenvalue weighted by Gasteiger charge is -2.18. The molecular weight excluding hydrogens is 676 g/mol. The molecule has 5 rings (SSSR count). The molecule has 4 aromatic carbocycles. The molecular formula is C42H43ClN4O5. The molecule has 0 spiro atoms. The number of aliphatic hydroxyl groups excluding tert-OH is 1. The molecule has 0 aliphatic heterocycles. The number of halogens is 1. The van der Waals surface area contributed by atoms with Gasteiger partial charge in [-0.2, -0.15) is 5.26 Å². The van der Waals surface area contributed by atoms with Crippen LogP contribution in [0.4, 0.5) is 0 Å². The summed E-state index contributed by atoms with van der Waals surface area (Å²) in [5, 5.41) is 31.7. The van der Waals surface area contributed by atoms with Crippen LogP contribution in [0, 0.1) is 25.2 Å². The quantitative estimate of drug-likeness (QED) is 0.0940. The number of nitrogens with zero attached hydrogens (tertiary/aromatic N) is 3. The molecule has 0 bridgehead atoms. The van der Waals surface area contributed by atoms with Gasteiger partial charge in [-0.1, -0.05) is 72.3 Å². The number of nitriles is 1. The van der Waals surface area contributed by atoms with Crippen molar-refractivity contribution in [2.45, 2.75) is 52.7 Å². The van der Waals surface area contributed by atoms with Gasteiger partial charge in [-0.25, -0.2) is 0 Å². The molecule has 52 heavy (non-hydrogen) atoms. The van der Waals surface area contributed by atoms with Crippen LogP contribution in [0.15, 0.2) is 91.3 Å². The van der Waals surface area contributed by atoms with Gasteiger partial charge in [-0.3, -0.25) is 9.78 Å². The first-order valence-corrected chi connectivity index (χ1v) is 17.3. The Morgan fingerprint density at radius 3 is 2.29 bits per heavy atom. The predicted octanol–water partition coefficient (Wildman–Crippen LogP) is 7.70. The third kappa shape index (κ3) is 9.96. The Morgan fingerprint density at radius 1 is 0.885 bits per heavy atom. The fourth-order valence-electron chi connectivity index (χ4n) is 6.08. The Morgan fingerprint density at radius 2 is 1.58 bits per heavy atom. The van der Waals surface area contributed by atoms with Crippen LogP contribution in [0.1, 0.15) is 45.4 Å². The number of nitrogens with one attached hydrogen (secondary N) is 1. The Kier molecular flexibility index (Phi) is 13.0. The number of pyridine rings is 1. The Balaban J connectivity index is 1.37. The van der Waals surface area contributed by atoms with Crippen LogP contribution in [0.3, 0.4) is 0 Å². The van der Waals surface area contributed by atoms with Gasteiger partial charge in [0.25, 0.3) is 0 Å². The van der Waals surface area contributed by atoms with Gasteiger partial charge < -0.3 is 29.9 Å². The van der Waals surface area contributed by atoms with Crippen molar-refractivity contribution in [1.82, 2.24) is 15.2 Å². The molecule has 0 amide bonds. The van der Waals surface area contributed by atoms with E-state index in [9.17, 15) is 15.2 Å². The van der Waals surface area contributed by atoms with E-state index < -0.39 is 12.1 Å². The first-order valence-electron chi connectivity index (χ1n) is 17.0. The normalized spacial score (nSPS) is 11.7. The first-order chi connectivity index (χ1) is 25.0. The molecule has 0 saturated heterocycles. The zero-order valence-electron chi connectivity index (χ0n) is 29.8. The fourth-order valence-corrected chi connectivity index (χ4v) is 6.32. The molecule has 0 fully saturated rings. The van der Waals surface area contributed by atoms with Gasteiger partial charge in [-0.15, -0.1) is 0 Å². The number of benzene rings is 4. The van der Waals surface area contributed by atoms with E-state index in [1.807, 2.05) is 12.1 Å². The summed E-state index contributed by atoms with van der Waals surface area (Å²) in [6.07, 6.45) is 1.69. The monoisotopic (exact) mass is 718 g/mol. The Bertz CT molecular complexity index is 2060. The maximum absolute atomic E-state index is 11.0. The van der Waals surface area contributed by atoms with Crippen LogP contribution < -0.4 is 14.8 Å². The molecule has 0 aliphatic rings. The lowest BCUT2D eigenvalue weighted by molar-refractivity contribution is -0.139. The zero-order chi connectivity index (χ0) is 37.2. The van der Waals surface area contributed by atoms with Gasteiger partial charge in [0.15, 0.2) is 0 Å². The van der Waals surface area contributed by atoms with Crippen LogP contribution in [0.2, 0.25) is 5.02 Å². The van der Waals surface area contributed by atoms with Gasteiger partial charge in [0, 0.05) is 49.2 Å². The molecule has 1 aromatic heterocycles. The highest BCUT2D eigenvalue weighted by molar-refractivity contribution is 6.32. The van der Waals surface area contributed by atoms with Gasteiger partial charge in [-0.05, 0) is 84.6 Å². The standard InChI is InChI=1S/C42H43ClN4O5/c1-27-33(7-5-9-37(27)38-10-6-8-36(28(38)2)32-13-11-29(12-14-32)24-47(3)4)26-52-41-18-40(51-25-31-15-30(19-44)20-45-21-31)34(16-39(41)43)22-46-23-35(48)17-42(49)50/h5-16,18,20-21,35,46,48H,17,22-26H2,1-4H3,(H,49,50)/t35-/m0/s1. The number of hydrogen-bond acceptors (Lipinski definition) is 8. The minimum absolute atomic E-state index is 0.0663. The molecule has 0 radical (unpaired) electrons. The number of carboxylic acids is 1. The lowest BCUT2D eigenvalue weighted by atomic mass is 9.89. The third-order valence-electron chi connectivity index (χ3n) is 8.76. The molecule has 1 heterocycles. The van der Waals surface area contributed by atoms with Crippen molar-refractivity contribution < 1.29 is 24.5 Å². The van der Waals surface area contributed by atoms with Crippen molar-refractivity contribution >= 4 is 17.6 Å². The number of hydrogen-bond donors (Lipinski definition) is 3. The summed E-state index contributed by atoms with van der Waals surface area (Å²) in [7, 11) is 4.14. The van der Waals surface area contributed by atoms with E-state index in [4.69, 9.17) is 26.2 Å². The molecule has 10 heteroatoms. The number of aliphatic carboxylic acids is 1. The molecule has 0 aliphatic carbocycles. The van der Waals surface area contributed by atoms with Crippen LogP contribution >= 0.6 is 11.6 Å².